The Morgan fingerprint density at radius 2 is 1.82 bits per heavy atom. The number of nitrogens with zero attached hydrogens (tertiary/aromatic N) is 4. The van der Waals surface area contributed by atoms with Crippen LogP contribution in [0, 0.1) is 16.3 Å². The Morgan fingerprint density at radius 1 is 1.10 bits per heavy atom. The lowest BCUT2D eigenvalue weighted by atomic mass is 10.1. The summed E-state index contributed by atoms with van der Waals surface area (Å²) in [6.07, 6.45) is 2.77. The van der Waals surface area contributed by atoms with Gasteiger partial charge in [0, 0.05) is 28.5 Å². The molecule has 0 unspecified atom stereocenters. The van der Waals surface area contributed by atoms with Gasteiger partial charge in [0.25, 0.3) is 11.1 Å². The Morgan fingerprint density at radius 3 is 2.46 bits per heavy atom. The molecule has 39 heavy (non-hydrogen) atoms. The highest BCUT2D eigenvalue weighted by atomic mass is 127. The van der Waals surface area contributed by atoms with Gasteiger partial charge in [-0.1, -0.05) is 6.07 Å². The molecule has 1 saturated carbocycles. The van der Waals surface area contributed by atoms with Crippen molar-refractivity contribution >= 4 is 60.6 Å². The van der Waals surface area contributed by atoms with Crippen LogP contribution < -0.4 is 26.8 Å². The van der Waals surface area contributed by atoms with Gasteiger partial charge >= 0.3 is 5.69 Å². The molecule has 0 amide bonds. The fourth-order valence-electron chi connectivity index (χ4n) is 4.51. The first kappa shape index (κ1) is 27.3. The number of pyridine rings is 1. The summed E-state index contributed by atoms with van der Waals surface area (Å²) in [5.41, 5.74) is -0.559. The van der Waals surface area contributed by atoms with E-state index in [0.717, 1.165) is 0 Å². The standard InChI is InChI=1S/C26H26FIN6O4S/c1-14-22-21(23(32(3)24(14)35)30-20-11-8-15(28)12-19(20)27)25(36)34(17-9-10-17)26(37)33(22)18-7-5-6-16(13-18)31-39(4,38)29-2/h5-8,11-13,17,30H,9-10H2,1-4H3,(H,29,31,38)/t39-/m1/s1. The quantitative estimate of drug-likeness (QED) is 0.304. The Hall–Kier alpha value is -3.30. The molecule has 5 rings (SSSR count). The first-order valence-corrected chi connectivity index (χ1v) is 15.1. The monoisotopic (exact) mass is 664 g/mol. The molecule has 1 aliphatic carbocycles. The van der Waals surface area contributed by atoms with Crippen molar-refractivity contribution in [1.29, 1.82) is 0 Å². The number of halogens is 2. The summed E-state index contributed by atoms with van der Waals surface area (Å²) in [5, 5.41) is 3.03. The highest BCUT2D eigenvalue weighted by Crippen LogP contribution is 2.34. The second-order valence-corrected chi connectivity index (χ2v) is 12.9. The van der Waals surface area contributed by atoms with Gasteiger partial charge in [0.1, 0.15) is 26.9 Å². The molecule has 1 atom stereocenters. The highest BCUT2D eigenvalue weighted by molar-refractivity contribution is 14.1. The van der Waals surface area contributed by atoms with Crippen molar-refractivity contribution in [1.82, 2.24) is 18.4 Å². The van der Waals surface area contributed by atoms with E-state index in [-0.39, 0.29) is 34.0 Å². The van der Waals surface area contributed by atoms with E-state index in [1.165, 1.54) is 46.2 Å². The van der Waals surface area contributed by atoms with Crippen LogP contribution in [0.25, 0.3) is 16.6 Å². The lowest BCUT2D eigenvalue weighted by molar-refractivity contribution is 0.630. The van der Waals surface area contributed by atoms with Crippen LogP contribution in [-0.4, -0.2) is 31.2 Å². The van der Waals surface area contributed by atoms with Crippen molar-refractivity contribution < 1.29 is 8.60 Å². The molecule has 1 fully saturated rings. The third-order valence-corrected chi connectivity index (χ3v) is 8.67. The van der Waals surface area contributed by atoms with Gasteiger partial charge in [-0.05, 0) is 85.8 Å². The molecule has 2 aromatic heterocycles. The lowest BCUT2D eigenvalue weighted by Crippen LogP contribution is -2.41. The highest BCUT2D eigenvalue weighted by Gasteiger charge is 2.31. The van der Waals surface area contributed by atoms with Gasteiger partial charge < -0.3 is 5.32 Å². The molecule has 10 nitrogen and oxygen atoms in total. The van der Waals surface area contributed by atoms with Crippen molar-refractivity contribution in [2.75, 3.05) is 18.6 Å². The molecule has 0 spiro atoms. The lowest BCUT2D eigenvalue weighted by Gasteiger charge is -2.20. The smallest absolute Gasteiger partial charge is 0.336 e. The van der Waals surface area contributed by atoms with Gasteiger partial charge in [-0.15, -0.1) is 0 Å². The minimum Gasteiger partial charge on any atom is -0.338 e. The third kappa shape index (κ3) is 4.94. The number of nitrogens with one attached hydrogen (secondary N) is 2. The van der Waals surface area contributed by atoms with Crippen LogP contribution in [0.15, 0.2) is 61.2 Å². The van der Waals surface area contributed by atoms with Crippen LogP contribution in [0.3, 0.4) is 0 Å². The number of benzene rings is 2. The van der Waals surface area contributed by atoms with Gasteiger partial charge in [-0.3, -0.25) is 23.3 Å². The average molecular weight is 665 g/mol. The fourth-order valence-corrected chi connectivity index (χ4v) is 5.57. The average Bonchev–Trinajstić information content (AvgIpc) is 3.71. The fraction of sp³-hybridized carbons (Fsp3) is 0.269. The molecule has 204 valence electrons. The predicted molar refractivity (Wildman–Crippen MR) is 160 cm³/mol. The summed E-state index contributed by atoms with van der Waals surface area (Å²) in [4.78, 5) is 41.2. The largest absolute Gasteiger partial charge is 0.338 e. The minimum atomic E-state index is -2.73. The summed E-state index contributed by atoms with van der Waals surface area (Å²) < 4.78 is 38.8. The Balaban J connectivity index is 1.91. The normalized spacial score (nSPS) is 14.8. The van der Waals surface area contributed by atoms with E-state index < -0.39 is 32.5 Å². The summed E-state index contributed by atoms with van der Waals surface area (Å²) in [6.45, 7) is 1.55. The van der Waals surface area contributed by atoms with Crippen molar-refractivity contribution in [2.45, 2.75) is 25.8 Å². The van der Waals surface area contributed by atoms with Gasteiger partial charge in [-0.2, -0.15) is 4.36 Å². The maximum absolute atomic E-state index is 14.9. The van der Waals surface area contributed by atoms with Crippen LogP contribution in [0.4, 0.5) is 21.6 Å². The molecular formula is C26H26FIN6O4S. The molecule has 2 heterocycles. The zero-order valence-corrected chi connectivity index (χ0v) is 24.6. The Bertz CT molecular complexity index is 1970. The number of fused-ring (bicyclic) bond motifs is 1. The number of hydrogen-bond acceptors (Lipinski definition) is 6. The van der Waals surface area contributed by atoms with Crippen molar-refractivity contribution in [3.63, 3.8) is 0 Å². The van der Waals surface area contributed by atoms with E-state index in [4.69, 9.17) is 0 Å². The van der Waals surface area contributed by atoms with Gasteiger partial charge in [-0.25, -0.2) is 18.1 Å². The van der Waals surface area contributed by atoms with Crippen molar-refractivity contribution in [2.24, 2.45) is 11.4 Å². The molecular weight excluding hydrogens is 638 g/mol. The van der Waals surface area contributed by atoms with Crippen LogP contribution in [0.2, 0.25) is 0 Å². The van der Waals surface area contributed by atoms with Crippen molar-refractivity contribution in [3.05, 3.63) is 88.6 Å². The minimum absolute atomic E-state index is 0.0708. The number of anilines is 2. The number of hydrogen-bond donors (Lipinski definition) is 2. The van der Waals surface area contributed by atoms with E-state index in [1.807, 2.05) is 22.6 Å². The SMILES string of the molecule is CN[S@@](C)(=O)=Nc1cccc(-n2c(=O)n(C3CC3)c(=O)c3c(Nc4ccc(I)cc4F)n(C)c(=O)c(C)c32)c1. The molecule has 0 bridgehead atoms. The predicted octanol–water partition coefficient (Wildman–Crippen LogP) is 3.85. The maximum Gasteiger partial charge on any atom is 0.336 e. The molecule has 2 N–H and O–H groups in total. The van der Waals surface area contributed by atoms with E-state index in [0.29, 0.717) is 27.8 Å². The maximum atomic E-state index is 14.9. The summed E-state index contributed by atoms with van der Waals surface area (Å²) in [5.74, 6) is -0.484. The Kier molecular flexibility index (Phi) is 7.01. The van der Waals surface area contributed by atoms with Crippen LogP contribution in [0.1, 0.15) is 24.4 Å². The zero-order valence-electron chi connectivity index (χ0n) is 21.6. The molecule has 0 radical (unpaired) electrons. The molecule has 0 saturated heterocycles. The second kappa shape index (κ2) is 10.0. The molecule has 2 aromatic carbocycles. The number of aromatic nitrogens is 3. The first-order valence-electron chi connectivity index (χ1n) is 12.1. The molecule has 13 heteroatoms. The van der Waals surface area contributed by atoms with Crippen LogP contribution in [-0.2, 0) is 17.0 Å². The number of rotatable bonds is 6. The van der Waals surface area contributed by atoms with E-state index in [9.17, 15) is 23.0 Å². The topological polar surface area (TPSA) is 119 Å². The summed E-state index contributed by atoms with van der Waals surface area (Å²) >= 11 is 1.99. The third-order valence-electron chi connectivity index (χ3n) is 6.69. The molecule has 1 aliphatic rings. The zero-order chi connectivity index (χ0) is 28.2. The van der Waals surface area contributed by atoms with E-state index >= 15 is 0 Å². The number of aryl methyl sites for hydroxylation is 1. The van der Waals surface area contributed by atoms with E-state index in [1.54, 1.807) is 37.3 Å². The van der Waals surface area contributed by atoms with Gasteiger partial charge in [0.2, 0.25) is 0 Å². The molecule has 0 aliphatic heterocycles. The Labute approximate surface area is 236 Å². The summed E-state index contributed by atoms with van der Waals surface area (Å²) in [6, 6.07) is 10.8. The van der Waals surface area contributed by atoms with Gasteiger partial charge in [0.15, 0.2) is 0 Å². The van der Waals surface area contributed by atoms with Gasteiger partial charge in [0.05, 0.1) is 22.6 Å². The summed E-state index contributed by atoms with van der Waals surface area (Å²) in [7, 11) is 0.296. The molecule has 4 aromatic rings. The van der Waals surface area contributed by atoms with Crippen molar-refractivity contribution in [3.8, 4) is 5.69 Å². The van der Waals surface area contributed by atoms with Crippen LogP contribution in [0.5, 0.6) is 0 Å². The second-order valence-electron chi connectivity index (χ2n) is 9.45. The van der Waals surface area contributed by atoms with E-state index in [2.05, 4.69) is 14.4 Å². The van der Waals surface area contributed by atoms with Crippen LogP contribution >= 0.6 is 22.6 Å². The first-order chi connectivity index (χ1) is 18.4.